The fraction of sp³-hybridized carbons (Fsp3) is 0.364. The molecule has 3 aromatic rings. The van der Waals surface area contributed by atoms with Gasteiger partial charge >= 0.3 is 0 Å². The van der Waals surface area contributed by atoms with Crippen molar-refractivity contribution in [2.75, 3.05) is 37.7 Å². The average Bonchev–Trinajstić information content (AvgIpc) is 3.14. The number of thiazole rings is 1. The molecule has 0 fully saturated rings. The number of hydrogen-bond acceptors (Lipinski definition) is 5. The smallest absolute Gasteiger partial charge is 0.266 e. The number of ether oxygens (including phenoxy) is 1. The van der Waals surface area contributed by atoms with Crippen LogP contribution in [0, 0.1) is 6.92 Å². The number of rotatable bonds is 9. The Hall–Kier alpha value is -2.15. The van der Waals surface area contributed by atoms with Crippen molar-refractivity contribution in [3.05, 3.63) is 54.1 Å². The normalized spacial score (nSPS) is 10.8. The highest BCUT2D eigenvalue weighted by atomic mass is 35.5. The van der Waals surface area contributed by atoms with E-state index in [0.717, 1.165) is 46.3 Å². The number of carbonyl (C=O) groups excluding carboxylic acids is 1. The van der Waals surface area contributed by atoms with Crippen LogP contribution in [0.15, 0.2) is 48.5 Å². The molecule has 0 spiro atoms. The van der Waals surface area contributed by atoms with Gasteiger partial charge in [0.1, 0.15) is 5.75 Å². The van der Waals surface area contributed by atoms with Gasteiger partial charge in [0.05, 0.1) is 10.2 Å². The predicted octanol–water partition coefficient (Wildman–Crippen LogP) is 4.78. The first-order valence-electron chi connectivity index (χ1n) is 9.69. The standard InChI is InChI=1S/C22H27N3O2S.ClH/c1-4-24(5-2)14-15-25(22-23-18-11-7-9-13-20(18)28-22)21(26)16-27-19-12-8-6-10-17(19)3;/h6-13H,4-5,14-16H2,1-3H3;1H. The van der Waals surface area contributed by atoms with Crippen LogP contribution in [-0.4, -0.2) is 48.6 Å². The Balaban J connectivity index is 0.00000300. The third-order valence-corrected chi connectivity index (χ3v) is 5.85. The van der Waals surface area contributed by atoms with E-state index in [4.69, 9.17) is 4.74 Å². The molecule has 29 heavy (non-hydrogen) atoms. The first kappa shape index (κ1) is 23.1. The number of carbonyl (C=O) groups is 1. The second-order valence-corrected chi connectivity index (χ2v) is 7.60. The topological polar surface area (TPSA) is 45.7 Å². The van der Waals surface area contributed by atoms with E-state index >= 15 is 0 Å². The third-order valence-electron chi connectivity index (χ3n) is 4.79. The van der Waals surface area contributed by atoms with E-state index in [1.165, 1.54) is 0 Å². The lowest BCUT2D eigenvalue weighted by molar-refractivity contribution is -0.120. The Bertz CT molecular complexity index is 894. The van der Waals surface area contributed by atoms with Crippen LogP contribution in [0.4, 0.5) is 5.13 Å². The number of nitrogens with zero attached hydrogens (tertiary/aromatic N) is 3. The van der Waals surface area contributed by atoms with Crippen LogP contribution in [0.3, 0.4) is 0 Å². The molecular formula is C22H28ClN3O2S. The van der Waals surface area contributed by atoms with Gasteiger partial charge in [-0.15, -0.1) is 12.4 Å². The summed E-state index contributed by atoms with van der Waals surface area (Å²) in [6.45, 7) is 9.56. The number of aryl methyl sites for hydroxylation is 1. The number of fused-ring (bicyclic) bond motifs is 1. The molecule has 1 heterocycles. The van der Waals surface area contributed by atoms with E-state index in [9.17, 15) is 4.79 Å². The molecule has 0 aliphatic rings. The molecule has 0 N–H and O–H groups in total. The number of halogens is 1. The Labute approximate surface area is 182 Å². The lowest BCUT2D eigenvalue weighted by Gasteiger charge is -2.24. The van der Waals surface area contributed by atoms with Crippen LogP contribution >= 0.6 is 23.7 Å². The van der Waals surface area contributed by atoms with Crippen molar-refractivity contribution < 1.29 is 9.53 Å². The number of likely N-dealkylation sites (N-methyl/N-ethyl adjacent to an activating group) is 1. The Morgan fingerprint density at radius 1 is 1.03 bits per heavy atom. The Morgan fingerprint density at radius 2 is 1.72 bits per heavy atom. The third kappa shape index (κ3) is 5.92. The fourth-order valence-corrected chi connectivity index (χ4v) is 4.03. The van der Waals surface area contributed by atoms with Crippen molar-refractivity contribution in [1.29, 1.82) is 0 Å². The number of anilines is 1. The summed E-state index contributed by atoms with van der Waals surface area (Å²) in [7, 11) is 0. The zero-order valence-electron chi connectivity index (χ0n) is 17.1. The molecular weight excluding hydrogens is 406 g/mol. The molecule has 0 aliphatic heterocycles. The molecule has 0 unspecified atom stereocenters. The highest BCUT2D eigenvalue weighted by Crippen LogP contribution is 2.29. The minimum Gasteiger partial charge on any atom is -0.483 e. The van der Waals surface area contributed by atoms with Gasteiger partial charge in [-0.2, -0.15) is 0 Å². The average molecular weight is 434 g/mol. The zero-order valence-corrected chi connectivity index (χ0v) is 18.8. The number of hydrogen-bond donors (Lipinski definition) is 0. The van der Waals surface area contributed by atoms with Crippen LogP contribution in [0.1, 0.15) is 19.4 Å². The van der Waals surface area contributed by atoms with Gasteiger partial charge in [0.2, 0.25) is 0 Å². The zero-order chi connectivity index (χ0) is 19.9. The van der Waals surface area contributed by atoms with Crippen LogP contribution < -0.4 is 9.64 Å². The fourth-order valence-electron chi connectivity index (χ4n) is 3.02. The monoisotopic (exact) mass is 433 g/mol. The molecule has 2 aromatic carbocycles. The number of amides is 1. The van der Waals surface area contributed by atoms with E-state index in [2.05, 4.69) is 23.7 Å². The van der Waals surface area contributed by atoms with Crippen LogP contribution in [0.25, 0.3) is 10.2 Å². The van der Waals surface area contributed by atoms with Crippen molar-refractivity contribution in [2.24, 2.45) is 0 Å². The van der Waals surface area contributed by atoms with E-state index < -0.39 is 0 Å². The summed E-state index contributed by atoms with van der Waals surface area (Å²) < 4.78 is 6.89. The maximum Gasteiger partial charge on any atom is 0.266 e. The summed E-state index contributed by atoms with van der Waals surface area (Å²) in [4.78, 5) is 21.8. The summed E-state index contributed by atoms with van der Waals surface area (Å²) >= 11 is 1.55. The quantitative estimate of drug-likeness (QED) is 0.487. The van der Waals surface area contributed by atoms with E-state index in [1.807, 2.05) is 55.5 Å². The van der Waals surface area contributed by atoms with E-state index in [0.29, 0.717) is 6.54 Å². The van der Waals surface area contributed by atoms with Gasteiger partial charge in [0.25, 0.3) is 5.91 Å². The number of benzene rings is 2. The molecule has 0 bridgehead atoms. The lowest BCUT2D eigenvalue weighted by atomic mass is 10.2. The van der Waals surface area contributed by atoms with Crippen LogP contribution in [0.2, 0.25) is 0 Å². The second kappa shape index (κ2) is 11.1. The number of para-hydroxylation sites is 2. The van der Waals surface area contributed by atoms with Gasteiger partial charge in [-0.1, -0.05) is 55.5 Å². The molecule has 7 heteroatoms. The highest BCUT2D eigenvalue weighted by molar-refractivity contribution is 7.22. The van der Waals surface area contributed by atoms with Gasteiger partial charge in [-0.25, -0.2) is 4.98 Å². The van der Waals surface area contributed by atoms with Crippen molar-refractivity contribution in [3.8, 4) is 5.75 Å². The molecule has 156 valence electrons. The van der Waals surface area contributed by atoms with Gasteiger partial charge < -0.3 is 9.64 Å². The maximum absolute atomic E-state index is 13.0. The van der Waals surface area contributed by atoms with Crippen molar-refractivity contribution >= 4 is 45.0 Å². The van der Waals surface area contributed by atoms with Gasteiger partial charge in [0, 0.05) is 13.1 Å². The summed E-state index contributed by atoms with van der Waals surface area (Å²) in [5, 5.41) is 0.728. The number of aromatic nitrogens is 1. The van der Waals surface area contributed by atoms with Gasteiger partial charge in [0.15, 0.2) is 11.7 Å². The lowest BCUT2D eigenvalue weighted by Crippen LogP contribution is -2.41. The minimum absolute atomic E-state index is 0. The first-order valence-corrected chi connectivity index (χ1v) is 10.5. The largest absolute Gasteiger partial charge is 0.483 e. The molecule has 1 amide bonds. The molecule has 1 aromatic heterocycles. The SMILES string of the molecule is CCN(CC)CCN(C(=O)COc1ccccc1C)c1nc2ccccc2s1.Cl. The van der Waals surface area contributed by atoms with Crippen LogP contribution in [-0.2, 0) is 4.79 Å². The van der Waals surface area contributed by atoms with Gasteiger partial charge in [-0.05, 0) is 43.8 Å². The summed E-state index contributed by atoms with van der Waals surface area (Å²) in [6, 6.07) is 15.7. The molecule has 3 rings (SSSR count). The summed E-state index contributed by atoms with van der Waals surface area (Å²) in [6.07, 6.45) is 0. The second-order valence-electron chi connectivity index (χ2n) is 6.59. The Kier molecular flexibility index (Phi) is 8.89. The van der Waals surface area contributed by atoms with Crippen molar-refractivity contribution in [1.82, 2.24) is 9.88 Å². The van der Waals surface area contributed by atoms with Crippen LogP contribution in [0.5, 0.6) is 5.75 Å². The van der Waals surface area contributed by atoms with Gasteiger partial charge in [-0.3, -0.25) is 9.69 Å². The molecule has 0 atom stereocenters. The molecule has 0 saturated carbocycles. The van der Waals surface area contributed by atoms with Crippen molar-refractivity contribution in [2.45, 2.75) is 20.8 Å². The summed E-state index contributed by atoms with van der Waals surface area (Å²) in [5.41, 5.74) is 1.94. The molecule has 0 saturated heterocycles. The summed E-state index contributed by atoms with van der Waals surface area (Å²) in [5.74, 6) is 0.665. The highest BCUT2D eigenvalue weighted by Gasteiger charge is 2.21. The van der Waals surface area contributed by atoms with E-state index in [-0.39, 0.29) is 24.9 Å². The maximum atomic E-state index is 13.0. The van der Waals surface area contributed by atoms with E-state index in [1.54, 1.807) is 16.2 Å². The molecule has 0 radical (unpaired) electrons. The molecule has 5 nitrogen and oxygen atoms in total. The van der Waals surface area contributed by atoms with Crippen molar-refractivity contribution in [3.63, 3.8) is 0 Å². The first-order chi connectivity index (χ1) is 13.6. The minimum atomic E-state index is -0.0746. The molecule has 0 aliphatic carbocycles. The predicted molar refractivity (Wildman–Crippen MR) is 124 cm³/mol. The Morgan fingerprint density at radius 3 is 2.41 bits per heavy atom.